The summed E-state index contributed by atoms with van der Waals surface area (Å²) in [6.45, 7) is 2.10. The molecule has 0 saturated heterocycles. The molecule has 1 aromatic heterocycles. The van der Waals surface area contributed by atoms with Crippen LogP contribution in [0.25, 0.3) is 0 Å². The zero-order chi connectivity index (χ0) is 14.5. The third-order valence-corrected chi connectivity index (χ3v) is 3.46. The predicted molar refractivity (Wildman–Crippen MR) is 85.0 cm³/mol. The van der Waals surface area contributed by atoms with Crippen LogP contribution in [-0.4, -0.2) is 20.9 Å². The maximum absolute atomic E-state index is 11.9. The van der Waals surface area contributed by atoms with E-state index >= 15 is 0 Å². The van der Waals surface area contributed by atoms with Crippen LogP contribution in [-0.2, 0) is 11.3 Å². The van der Waals surface area contributed by atoms with Gasteiger partial charge in [-0.15, -0.1) is 5.10 Å². The lowest BCUT2D eigenvalue weighted by molar-refractivity contribution is -0.116. The quantitative estimate of drug-likeness (QED) is 0.771. The van der Waals surface area contributed by atoms with E-state index in [1.54, 1.807) is 6.20 Å². The first kappa shape index (κ1) is 14.9. The number of carbonyl (C=O) groups excluding carboxylic acids is 1. The molecule has 20 heavy (non-hydrogen) atoms. The van der Waals surface area contributed by atoms with Gasteiger partial charge in [-0.25, -0.2) is 4.68 Å². The first-order chi connectivity index (χ1) is 9.58. The summed E-state index contributed by atoms with van der Waals surface area (Å²) in [7, 11) is 0. The minimum absolute atomic E-state index is 0.120. The molecule has 0 aliphatic carbocycles. The van der Waals surface area contributed by atoms with E-state index in [-0.39, 0.29) is 18.5 Å². The number of nitrogens with zero attached hydrogens (tertiary/aromatic N) is 3. The van der Waals surface area contributed by atoms with Gasteiger partial charge in [0.15, 0.2) is 0 Å². The van der Waals surface area contributed by atoms with Crippen molar-refractivity contribution in [2.24, 2.45) is 5.73 Å². The summed E-state index contributed by atoms with van der Waals surface area (Å²) >= 11 is 2.20. The van der Waals surface area contributed by atoms with E-state index < -0.39 is 0 Å². The molecule has 1 heterocycles. The van der Waals surface area contributed by atoms with E-state index in [1.165, 1.54) is 4.68 Å². The standard InChI is InChI=1S/C13H16IN5O/c1-2-11(15)12-7-19(18-17-12)8-13(20)16-10-5-3-4-9(14)6-10/h3-7,11H,2,8,15H2,1H3,(H,16,20). The smallest absolute Gasteiger partial charge is 0.246 e. The lowest BCUT2D eigenvalue weighted by Gasteiger charge is -2.05. The Labute approximate surface area is 130 Å². The summed E-state index contributed by atoms with van der Waals surface area (Å²) < 4.78 is 2.56. The van der Waals surface area contributed by atoms with Crippen LogP contribution in [0.1, 0.15) is 25.1 Å². The van der Waals surface area contributed by atoms with Gasteiger partial charge in [-0.05, 0) is 47.2 Å². The SMILES string of the molecule is CCC(N)c1cn(CC(=O)Nc2cccc(I)c2)nn1. The normalized spacial score (nSPS) is 12.2. The number of halogens is 1. The van der Waals surface area contributed by atoms with Gasteiger partial charge in [0.05, 0.1) is 17.9 Å². The zero-order valence-corrected chi connectivity index (χ0v) is 13.2. The van der Waals surface area contributed by atoms with Crippen LogP contribution >= 0.6 is 22.6 Å². The highest BCUT2D eigenvalue weighted by atomic mass is 127. The maximum atomic E-state index is 11.9. The molecule has 0 radical (unpaired) electrons. The Balaban J connectivity index is 1.96. The summed E-state index contributed by atoms with van der Waals surface area (Å²) in [6, 6.07) is 7.47. The molecule has 1 amide bonds. The highest BCUT2D eigenvalue weighted by Gasteiger charge is 2.10. The Morgan fingerprint density at radius 3 is 3.05 bits per heavy atom. The van der Waals surface area contributed by atoms with E-state index in [4.69, 9.17) is 5.73 Å². The number of amides is 1. The predicted octanol–water partition coefficient (Wildman–Crippen LogP) is 1.93. The lowest BCUT2D eigenvalue weighted by atomic mass is 10.2. The molecule has 2 aromatic rings. The molecule has 0 spiro atoms. The summed E-state index contributed by atoms with van der Waals surface area (Å²) in [5, 5.41) is 10.7. The summed E-state index contributed by atoms with van der Waals surface area (Å²) in [5.74, 6) is -0.145. The average molecular weight is 385 g/mol. The van der Waals surface area contributed by atoms with Gasteiger partial charge in [0.1, 0.15) is 6.54 Å². The molecular weight excluding hydrogens is 369 g/mol. The molecule has 3 N–H and O–H groups in total. The third kappa shape index (κ3) is 4.01. The second-order valence-electron chi connectivity index (χ2n) is 4.41. The summed E-state index contributed by atoms with van der Waals surface area (Å²) in [5.41, 5.74) is 7.34. The number of rotatable bonds is 5. The molecule has 1 aromatic carbocycles. The Bertz CT molecular complexity index is 598. The summed E-state index contributed by atoms with van der Waals surface area (Å²) in [4.78, 5) is 11.9. The van der Waals surface area contributed by atoms with Gasteiger partial charge in [0, 0.05) is 9.26 Å². The lowest BCUT2D eigenvalue weighted by Crippen LogP contribution is -2.19. The van der Waals surface area contributed by atoms with Gasteiger partial charge < -0.3 is 11.1 Å². The minimum atomic E-state index is -0.145. The number of aromatic nitrogens is 3. The van der Waals surface area contributed by atoms with Crippen LogP contribution in [0.5, 0.6) is 0 Å². The molecule has 2 rings (SSSR count). The Morgan fingerprint density at radius 2 is 2.35 bits per heavy atom. The molecule has 0 aliphatic heterocycles. The number of anilines is 1. The van der Waals surface area contributed by atoms with Crippen molar-refractivity contribution in [3.63, 3.8) is 0 Å². The molecule has 0 fully saturated rings. The van der Waals surface area contributed by atoms with Crippen molar-refractivity contribution in [3.05, 3.63) is 39.7 Å². The molecule has 1 atom stereocenters. The van der Waals surface area contributed by atoms with Crippen LogP contribution in [0.3, 0.4) is 0 Å². The molecular formula is C13H16IN5O. The van der Waals surface area contributed by atoms with E-state index in [2.05, 4.69) is 38.2 Å². The molecule has 1 unspecified atom stereocenters. The fourth-order valence-corrected chi connectivity index (χ4v) is 2.23. The minimum Gasteiger partial charge on any atom is -0.324 e. The molecule has 0 bridgehead atoms. The van der Waals surface area contributed by atoms with Crippen LogP contribution in [0.2, 0.25) is 0 Å². The molecule has 6 nitrogen and oxygen atoms in total. The highest BCUT2D eigenvalue weighted by molar-refractivity contribution is 14.1. The fraction of sp³-hybridized carbons (Fsp3) is 0.308. The van der Waals surface area contributed by atoms with Gasteiger partial charge in [0.25, 0.3) is 0 Å². The summed E-state index contributed by atoms with van der Waals surface area (Å²) in [6.07, 6.45) is 2.50. The van der Waals surface area contributed by atoms with Crippen molar-refractivity contribution < 1.29 is 4.79 Å². The van der Waals surface area contributed by atoms with E-state index in [1.807, 2.05) is 31.2 Å². The van der Waals surface area contributed by atoms with Crippen molar-refractivity contribution in [1.29, 1.82) is 0 Å². The van der Waals surface area contributed by atoms with Gasteiger partial charge in [0.2, 0.25) is 5.91 Å². The molecule has 106 valence electrons. The van der Waals surface area contributed by atoms with Crippen LogP contribution in [0.15, 0.2) is 30.5 Å². The Kier molecular flexibility index (Phi) is 5.07. The van der Waals surface area contributed by atoms with Crippen LogP contribution in [0, 0.1) is 3.57 Å². The molecule has 7 heteroatoms. The number of hydrogen-bond acceptors (Lipinski definition) is 4. The first-order valence-corrected chi connectivity index (χ1v) is 7.37. The van der Waals surface area contributed by atoms with Crippen molar-refractivity contribution in [2.75, 3.05) is 5.32 Å². The second kappa shape index (κ2) is 6.80. The van der Waals surface area contributed by atoms with Crippen molar-refractivity contribution in [2.45, 2.75) is 25.9 Å². The monoisotopic (exact) mass is 385 g/mol. The van der Waals surface area contributed by atoms with Gasteiger partial charge in [-0.1, -0.05) is 18.2 Å². The first-order valence-electron chi connectivity index (χ1n) is 6.29. The third-order valence-electron chi connectivity index (χ3n) is 2.79. The highest BCUT2D eigenvalue weighted by Crippen LogP contribution is 2.12. The van der Waals surface area contributed by atoms with Crippen molar-refractivity contribution in [1.82, 2.24) is 15.0 Å². The van der Waals surface area contributed by atoms with Gasteiger partial charge in [-0.2, -0.15) is 0 Å². The largest absolute Gasteiger partial charge is 0.324 e. The molecule has 0 saturated carbocycles. The average Bonchev–Trinajstić information content (AvgIpc) is 2.86. The second-order valence-corrected chi connectivity index (χ2v) is 5.66. The van der Waals surface area contributed by atoms with Crippen molar-refractivity contribution >= 4 is 34.2 Å². The number of hydrogen-bond donors (Lipinski definition) is 2. The van der Waals surface area contributed by atoms with Crippen LogP contribution in [0.4, 0.5) is 5.69 Å². The number of nitrogens with two attached hydrogens (primary N) is 1. The fourth-order valence-electron chi connectivity index (χ4n) is 1.68. The van der Waals surface area contributed by atoms with Gasteiger partial charge >= 0.3 is 0 Å². The van der Waals surface area contributed by atoms with E-state index in [0.29, 0.717) is 5.69 Å². The topological polar surface area (TPSA) is 85.8 Å². The van der Waals surface area contributed by atoms with Crippen molar-refractivity contribution in [3.8, 4) is 0 Å². The van der Waals surface area contributed by atoms with Crippen LogP contribution < -0.4 is 11.1 Å². The maximum Gasteiger partial charge on any atom is 0.246 e. The number of nitrogens with one attached hydrogen (secondary N) is 1. The number of benzene rings is 1. The van der Waals surface area contributed by atoms with E-state index in [0.717, 1.165) is 15.7 Å². The van der Waals surface area contributed by atoms with E-state index in [9.17, 15) is 4.79 Å². The Morgan fingerprint density at radius 1 is 1.55 bits per heavy atom. The molecule has 0 aliphatic rings. The van der Waals surface area contributed by atoms with Gasteiger partial charge in [-0.3, -0.25) is 4.79 Å². The number of carbonyl (C=O) groups is 1. The zero-order valence-electron chi connectivity index (χ0n) is 11.1. The Hall–Kier alpha value is -1.48.